The van der Waals surface area contributed by atoms with Crippen molar-refractivity contribution in [1.82, 2.24) is 15.2 Å². The molecule has 0 unspecified atom stereocenters. The second-order valence-electron chi connectivity index (χ2n) is 7.19. The Bertz CT molecular complexity index is 1510. The Labute approximate surface area is 192 Å². The molecule has 0 aliphatic heterocycles. The number of hydrogen-bond acceptors (Lipinski definition) is 6. The molecule has 0 radical (unpaired) electrons. The highest BCUT2D eigenvalue weighted by Gasteiger charge is 2.24. The number of fused-ring (bicyclic) bond motifs is 1. The van der Waals surface area contributed by atoms with Crippen molar-refractivity contribution in [2.75, 3.05) is 12.4 Å². The maximum atomic E-state index is 13.4. The van der Waals surface area contributed by atoms with Crippen LogP contribution in [0.25, 0.3) is 32.6 Å². The van der Waals surface area contributed by atoms with E-state index in [0.717, 1.165) is 15.8 Å². The van der Waals surface area contributed by atoms with Gasteiger partial charge in [0.15, 0.2) is 5.13 Å². The molecule has 0 saturated carbocycles. The first-order chi connectivity index (χ1) is 16.1. The fourth-order valence-electron chi connectivity index (χ4n) is 3.60. The maximum absolute atomic E-state index is 13.4. The fraction of sp³-hybridized carbons (Fsp3) is 0.0400. The largest absolute Gasteiger partial charge is 0.497 e. The molecule has 0 spiro atoms. The van der Waals surface area contributed by atoms with Crippen LogP contribution in [0.5, 0.6) is 5.75 Å². The molecule has 0 saturated heterocycles. The molecule has 8 heteroatoms. The van der Waals surface area contributed by atoms with Crippen molar-refractivity contribution < 1.29 is 9.53 Å². The zero-order valence-corrected chi connectivity index (χ0v) is 18.3. The van der Waals surface area contributed by atoms with E-state index in [1.165, 1.54) is 11.3 Å². The van der Waals surface area contributed by atoms with Crippen molar-refractivity contribution in [3.8, 4) is 28.1 Å². The summed E-state index contributed by atoms with van der Waals surface area (Å²) in [5.74, 6) is 0.147. The topological polar surface area (TPSA) is 97.0 Å². The number of nitrogens with zero attached hydrogens (tertiary/aromatic N) is 2. The van der Waals surface area contributed by atoms with Crippen molar-refractivity contribution in [2.24, 2.45) is 0 Å². The quantitative estimate of drug-likeness (QED) is 0.391. The lowest BCUT2D eigenvalue weighted by Gasteiger charge is -2.13. The minimum atomic E-state index is -0.575. The Morgan fingerprint density at radius 1 is 0.970 bits per heavy atom. The van der Waals surface area contributed by atoms with Crippen molar-refractivity contribution >= 4 is 32.6 Å². The average Bonchev–Trinajstić information content (AvgIpc) is 3.26. The smallest absolute Gasteiger partial charge is 0.277 e. The van der Waals surface area contributed by atoms with Crippen LogP contribution in [0.2, 0.25) is 0 Å². The maximum Gasteiger partial charge on any atom is 0.277 e. The number of aromatic amines is 1. The Morgan fingerprint density at radius 3 is 2.36 bits per heavy atom. The Morgan fingerprint density at radius 2 is 1.67 bits per heavy atom. The van der Waals surface area contributed by atoms with Crippen LogP contribution in [0, 0.1) is 0 Å². The van der Waals surface area contributed by atoms with Gasteiger partial charge < -0.3 is 4.74 Å². The number of rotatable bonds is 5. The molecule has 2 aromatic heterocycles. The zero-order chi connectivity index (χ0) is 22.8. The molecule has 33 heavy (non-hydrogen) atoms. The summed E-state index contributed by atoms with van der Waals surface area (Å²) in [4.78, 5) is 30.7. The highest BCUT2D eigenvalue weighted by atomic mass is 32.1. The Hall–Kier alpha value is -4.30. The van der Waals surface area contributed by atoms with Gasteiger partial charge in [0.1, 0.15) is 11.3 Å². The summed E-state index contributed by atoms with van der Waals surface area (Å²) in [6.07, 6.45) is 0. The molecular weight excluding hydrogens is 436 g/mol. The monoisotopic (exact) mass is 454 g/mol. The van der Waals surface area contributed by atoms with Gasteiger partial charge >= 0.3 is 0 Å². The van der Waals surface area contributed by atoms with Crippen LogP contribution in [0.15, 0.2) is 83.7 Å². The number of carbonyl (C=O) groups excluding carboxylic acids is 1. The number of benzene rings is 3. The second kappa shape index (κ2) is 8.68. The summed E-state index contributed by atoms with van der Waals surface area (Å²) in [5, 5.41) is 9.95. The molecule has 0 aliphatic carbocycles. The second-order valence-corrected chi connectivity index (χ2v) is 8.22. The molecule has 1 amide bonds. The van der Waals surface area contributed by atoms with E-state index in [1.807, 2.05) is 72.8 Å². The highest BCUT2D eigenvalue weighted by molar-refractivity contribution is 7.22. The lowest BCUT2D eigenvalue weighted by Crippen LogP contribution is -2.26. The van der Waals surface area contributed by atoms with E-state index in [0.29, 0.717) is 27.7 Å². The summed E-state index contributed by atoms with van der Waals surface area (Å²) in [6, 6.07) is 24.2. The van der Waals surface area contributed by atoms with Crippen molar-refractivity contribution in [2.45, 2.75) is 0 Å². The van der Waals surface area contributed by atoms with E-state index >= 15 is 0 Å². The molecule has 3 aromatic carbocycles. The minimum absolute atomic E-state index is 0.0214. The number of methoxy groups -OCH3 is 1. The van der Waals surface area contributed by atoms with Gasteiger partial charge in [-0.1, -0.05) is 72.0 Å². The molecule has 7 nitrogen and oxygen atoms in total. The molecule has 0 bridgehead atoms. The number of carbonyl (C=O) groups is 1. The van der Waals surface area contributed by atoms with Gasteiger partial charge in [-0.2, -0.15) is 5.10 Å². The van der Waals surface area contributed by atoms with Gasteiger partial charge in [-0.15, -0.1) is 0 Å². The molecule has 2 N–H and O–H groups in total. The number of anilines is 1. The number of ether oxygens (including phenoxy) is 1. The van der Waals surface area contributed by atoms with Crippen LogP contribution in [-0.4, -0.2) is 28.2 Å². The van der Waals surface area contributed by atoms with Gasteiger partial charge in [-0.05, 0) is 23.8 Å². The number of nitrogens with one attached hydrogen (secondary N) is 2. The molecule has 5 aromatic rings. The predicted molar refractivity (Wildman–Crippen MR) is 130 cm³/mol. The summed E-state index contributed by atoms with van der Waals surface area (Å²) >= 11 is 1.31. The third-order valence-electron chi connectivity index (χ3n) is 5.14. The van der Waals surface area contributed by atoms with Crippen LogP contribution in [0.1, 0.15) is 10.4 Å². The lowest BCUT2D eigenvalue weighted by molar-refractivity contribution is 0.102. The molecule has 2 heterocycles. The number of hydrogen-bond donors (Lipinski definition) is 2. The number of thiazole rings is 1. The number of aromatic nitrogens is 3. The molecule has 0 atom stereocenters. The first-order valence-electron chi connectivity index (χ1n) is 10.1. The van der Waals surface area contributed by atoms with Crippen LogP contribution >= 0.6 is 11.3 Å². The van der Waals surface area contributed by atoms with Crippen LogP contribution in [0.4, 0.5) is 5.13 Å². The van der Waals surface area contributed by atoms with E-state index in [-0.39, 0.29) is 5.56 Å². The van der Waals surface area contributed by atoms with E-state index in [1.54, 1.807) is 13.2 Å². The fourth-order valence-corrected chi connectivity index (χ4v) is 4.49. The first kappa shape index (κ1) is 20.6. The van der Waals surface area contributed by atoms with E-state index in [4.69, 9.17) is 4.74 Å². The van der Waals surface area contributed by atoms with Gasteiger partial charge in [0.2, 0.25) is 0 Å². The van der Waals surface area contributed by atoms with Gasteiger partial charge in [-0.25, -0.2) is 10.1 Å². The molecule has 162 valence electrons. The molecule has 0 fully saturated rings. The van der Waals surface area contributed by atoms with Crippen molar-refractivity contribution in [1.29, 1.82) is 0 Å². The first-order valence-corrected chi connectivity index (χ1v) is 10.9. The average molecular weight is 455 g/mol. The number of amides is 1. The summed E-state index contributed by atoms with van der Waals surface area (Å²) in [6.45, 7) is 0. The Balaban J connectivity index is 1.63. The predicted octanol–water partition coefficient (Wildman–Crippen LogP) is 4.97. The minimum Gasteiger partial charge on any atom is -0.497 e. The Kier molecular flexibility index (Phi) is 5.42. The van der Waals surface area contributed by atoms with Gasteiger partial charge in [0.05, 0.1) is 23.0 Å². The zero-order valence-electron chi connectivity index (χ0n) is 17.5. The highest BCUT2D eigenvalue weighted by Crippen LogP contribution is 2.33. The third kappa shape index (κ3) is 3.99. The normalized spacial score (nSPS) is 10.8. The summed E-state index contributed by atoms with van der Waals surface area (Å²) in [5.41, 5.74) is 2.61. The standard InChI is InChI=1S/C25H18N4O3S/c1-32-17-12-13-18-19(14-17)33-25(26-18)27-23(30)21-20(15-8-4-2-5-9-15)22(28-29-24(21)31)16-10-6-3-7-11-16/h2-14H,1H3,(H,29,31)(H,26,27,30). The van der Waals surface area contributed by atoms with E-state index in [9.17, 15) is 9.59 Å². The van der Waals surface area contributed by atoms with E-state index in [2.05, 4.69) is 20.5 Å². The van der Waals surface area contributed by atoms with Crippen molar-refractivity contribution in [3.63, 3.8) is 0 Å². The number of H-pyrrole nitrogens is 1. The SMILES string of the molecule is COc1ccc2nc(NC(=O)c3c(-c4ccccc4)c(-c4ccccc4)n[nH]c3=O)sc2c1. The summed E-state index contributed by atoms with van der Waals surface area (Å²) in [7, 11) is 1.59. The van der Waals surface area contributed by atoms with Crippen molar-refractivity contribution in [3.05, 3.63) is 94.8 Å². The van der Waals surface area contributed by atoms with E-state index < -0.39 is 11.5 Å². The summed E-state index contributed by atoms with van der Waals surface area (Å²) < 4.78 is 6.12. The molecule has 5 rings (SSSR count). The third-order valence-corrected chi connectivity index (χ3v) is 6.07. The molecule has 0 aliphatic rings. The van der Waals surface area contributed by atoms with Crippen LogP contribution in [-0.2, 0) is 0 Å². The molecular formula is C25H18N4O3S. The van der Waals surface area contributed by atoms with Crippen LogP contribution in [0.3, 0.4) is 0 Å². The van der Waals surface area contributed by atoms with Crippen LogP contribution < -0.4 is 15.6 Å². The lowest BCUT2D eigenvalue weighted by atomic mass is 9.95. The van der Waals surface area contributed by atoms with Gasteiger partial charge in [-0.3, -0.25) is 14.9 Å². The van der Waals surface area contributed by atoms with Gasteiger partial charge in [0.25, 0.3) is 11.5 Å². The van der Waals surface area contributed by atoms with Gasteiger partial charge in [0, 0.05) is 11.1 Å².